The highest BCUT2D eigenvalue weighted by atomic mass is 32.2. The molecular formula is C18H18N2S. The second-order valence-corrected chi connectivity index (χ2v) is 6.09. The molecule has 106 valence electrons. The maximum absolute atomic E-state index is 5.74. The standard InChI is InChI=1S/C18H18N2S/c1-13-3-9-17(10-4-13)20-14(2)12-21-18(20)11-15-5-7-16(19)8-6-15/h3-12H,19H2,1-2H3/b18-11-. The number of anilines is 2. The highest BCUT2D eigenvalue weighted by Crippen LogP contribution is 2.39. The van der Waals surface area contributed by atoms with Gasteiger partial charge in [-0.2, -0.15) is 0 Å². The first-order chi connectivity index (χ1) is 10.1. The predicted molar refractivity (Wildman–Crippen MR) is 93.8 cm³/mol. The number of benzene rings is 2. The van der Waals surface area contributed by atoms with E-state index < -0.39 is 0 Å². The summed E-state index contributed by atoms with van der Waals surface area (Å²) >= 11 is 1.75. The van der Waals surface area contributed by atoms with Crippen molar-refractivity contribution in [3.8, 4) is 0 Å². The predicted octanol–water partition coefficient (Wildman–Crippen LogP) is 4.99. The number of aryl methyl sites for hydroxylation is 1. The van der Waals surface area contributed by atoms with Crippen LogP contribution in [0.5, 0.6) is 0 Å². The normalized spacial score (nSPS) is 16.4. The molecule has 3 rings (SSSR count). The van der Waals surface area contributed by atoms with E-state index >= 15 is 0 Å². The number of hydrogen-bond donors (Lipinski definition) is 1. The van der Waals surface area contributed by atoms with Crippen LogP contribution in [0.15, 0.2) is 64.7 Å². The number of nitrogen functional groups attached to an aromatic ring is 1. The van der Waals surface area contributed by atoms with Crippen molar-refractivity contribution in [3.63, 3.8) is 0 Å². The molecule has 1 heterocycles. The summed E-state index contributed by atoms with van der Waals surface area (Å²) in [4.78, 5) is 2.28. The van der Waals surface area contributed by atoms with Crippen molar-refractivity contribution in [2.24, 2.45) is 0 Å². The van der Waals surface area contributed by atoms with Gasteiger partial charge in [0.05, 0.1) is 5.03 Å². The Morgan fingerprint density at radius 1 is 0.952 bits per heavy atom. The SMILES string of the molecule is CC1=CS/C(=C\c2ccc(N)cc2)N1c1ccc(C)cc1. The summed E-state index contributed by atoms with van der Waals surface area (Å²) in [6.45, 7) is 4.24. The molecule has 21 heavy (non-hydrogen) atoms. The molecule has 2 aromatic rings. The fraction of sp³-hybridized carbons (Fsp3) is 0.111. The first-order valence-corrected chi connectivity index (χ1v) is 7.79. The Bertz CT molecular complexity index is 697. The van der Waals surface area contributed by atoms with Crippen LogP contribution < -0.4 is 10.6 Å². The van der Waals surface area contributed by atoms with Crippen molar-refractivity contribution in [1.29, 1.82) is 0 Å². The van der Waals surface area contributed by atoms with Crippen LogP contribution in [0.2, 0.25) is 0 Å². The van der Waals surface area contributed by atoms with Crippen LogP contribution in [0.1, 0.15) is 18.1 Å². The highest BCUT2D eigenvalue weighted by Gasteiger charge is 2.19. The average molecular weight is 294 g/mol. The molecule has 0 amide bonds. The van der Waals surface area contributed by atoms with E-state index in [0.29, 0.717) is 0 Å². The van der Waals surface area contributed by atoms with Crippen molar-refractivity contribution in [2.45, 2.75) is 13.8 Å². The highest BCUT2D eigenvalue weighted by molar-refractivity contribution is 8.06. The molecule has 1 aliphatic rings. The third-order valence-electron chi connectivity index (χ3n) is 3.44. The van der Waals surface area contributed by atoms with Gasteiger partial charge in [0.1, 0.15) is 0 Å². The minimum atomic E-state index is 0.793. The van der Waals surface area contributed by atoms with Crippen LogP contribution in [0.4, 0.5) is 11.4 Å². The summed E-state index contributed by atoms with van der Waals surface area (Å²) in [6, 6.07) is 16.6. The summed E-state index contributed by atoms with van der Waals surface area (Å²) < 4.78 is 0. The van der Waals surface area contributed by atoms with Crippen LogP contribution in [-0.4, -0.2) is 0 Å². The van der Waals surface area contributed by atoms with E-state index in [0.717, 1.165) is 11.3 Å². The Kier molecular flexibility index (Phi) is 3.76. The van der Waals surface area contributed by atoms with Gasteiger partial charge < -0.3 is 10.6 Å². The third-order valence-corrected chi connectivity index (χ3v) is 4.44. The first-order valence-electron chi connectivity index (χ1n) is 6.91. The number of thioether (sulfide) groups is 1. The molecule has 3 heteroatoms. The lowest BCUT2D eigenvalue weighted by atomic mass is 10.2. The van der Waals surface area contributed by atoms with Gasteiger partial charge in [-0.15, -0.1) is 0 Å². The molecular weight excluding hydrogens is 276 g/mol. The topological polar surface area (TPSA) is 29.3 Å². The second-order valence-electron chi connectivity index (χ2n) is 5.20. The zero-order valence-electron chi connectivity index (χ0n) is 12.2. The average Bonchev–Trinajstić information content (AvgIpc) is 2.83. The van der Waals surface area contributed by atoms with Gasteiger partial charge in [0.15, 0.2) is 0 Å². The van der Waals surface area contributed by atoms with E-state index in [1.807, 2.05) is 24.3 Å². The molecule has 0 fully saturated rings. The molecule has 0 spiro atoms. The molecule has 2 nitrogen and oxygen atoms in total. The third kappa shape index (κ3) is 2.98. The summed E-state index contributed by atoms with van der Waals surface area (Å²) in [5.41, 5.74) is 11.4. The zero-order chi connectivity index (χ0) is 14.8. The number of hydrogen-bond acceptors (Lipinski definition) is 3. The Hall–Kier alpha value is -2.13. The van der Waals surface area contributed by atoms with E-state index in [9.17, 15) is 0 Å². The number of rotatable bonds is 2. The molecule has 2 N–H and O–H groups in total. The molecule has 0 aliphatic carbocycles. The van der Waals surface area contributed by atoms with Gasteiger partial charge in [-0.25, -0.2) is 0 Å². The molecule has 0 saturated heterocycles. The van der Waals surface area contributed by atoms with Gasteiger partial charge in [0.25, 0.3) is 0 Å². The van der Waals surface area contributed by atoms with Crippen molar-refractivity contribution in [1.82, 2.24) is 0 Å². The van der Waals surface area contributed by atoms with Crippen molar-refractivity contribution in [3.05, 3.63) is 75.8 Å². The Balaban J connectivity index is 1.95. The van der Waals surface area contributed by atoms with E-state index in [2.05, 4.69) is 54.5 Å². The summed E-state index contributed by atoms with van der Waals surface area (Å²) in [5.74, 6) is 0. The van der Waals surface area contributed by atoms with E-state index in [1.54, 1.807) is 11.8 Å². The van der Waals surface area contributed by atoms with Crippen LogP contribution in [0, 0.1) is 6.92 Å². The fourth-order valence-corrected chi connectivity index (χ4v) is 3.24. The van der Waals surface area contributed by atoms with Crippen LogP contribution in [0.3, 0.4) is 0 Å². The number of nitrogens with two attached hydrogens (primary N) is 1. The maximum Gasteiger partial charge on any atom is 0.0844 e. The van der Waals surface area contributed by atoms with Crippen LogP contribution in [-0.2, 0) is 0 Å². The van der Waals surface area contributed by atoms with Crippen molar-refractivity contribution < 1.29 is 0 Å². The molecule has 0 aromatic heterocycles. The lowest BCUT2D eigenvalue weighted by Gasteiger charge is -2.22. The summed E-state index contributed by atoms with van der Waals surface area (Å²) in [6.07, 6.45) is 2.19. The van der Waals surface area contributed by atoms with Gasteiger partial charge in [-0.3, -0.25) is 0 Å². The summed E-state index contributed by atoms with van der Waals surface area (Å²) in [7, 11) is 0. The van der Waals surface area contributed by atoms with Gasteiger partial charge >= 0.3 is 0 Å². The molecule has 0 atom stereocenters. The minimum absolute atomic E-state index is 0.793. The maximum atomic E-state index is 5.74. The van der Waals surface area contributed by atoms with E-state index in [4.69, 9.17) is 5.73 Å². The van der Waals surface area contributed by atoms with Crippen molar-refractivity contribution >= 4 is 29.2 Å². The molecule has 0 bridgehead atoms. The molecule has 1 aliphatic heterocycles. The fourth-order valence-electron chi connectivity index (χ4n) is 2.28. The van der Waals surface area contributed by atoms with Crippen molar-refractivity contribution in [2.75, 3.05) is 10.6 Å². The quantitative estimate of drug-likeness (QED) is 0.791. The monoisotopic (exact) mass is 294 g/mol. The zero-order valence-corrected chi connectivity index (χ0v) is 13.0. The van der Waals surface area contributed by atoms with Gasteiger partial charge in [0.2, 0.25) is 0 Å². The van der Waals surface area contributed by atoms with Crippen LogP contribution in [0.25, 0.3) is 6.08 Å². The largest absolute Gasteiger partial charge is 0.399 e. The second kappa shape index (κ2) is 5.70. The lowest BCUT2D eigenvalue weighted by Crippen LogP contribution is -2.14. The first kappa shape index (κ1) is 13.8. The van der Waals surface area contributed by atoms with E-state index in [1.165, 1.54) is 22.0 Å². The van der Waals surface area contributed by atoms with Gasteiger partial charge in [0, 0.05) is 17.1 Å². The Labute approximate surface area is 130 Å². The Morgan fingerprint density at radius 2 is 1.62 bits per heavy atom. The molecule has 2 aromatic carbocycles. The van der Waals surface area contributed by atoms with E-state index in [-0.39, 0.29) is 0 Å². The number of nitrogens with zero attached hydrogens (tertiary/aromatic N) is 1. The molecule has 0 unspecified atom stereocenters. The molecule has 0 radical (unpaired) electrons. The molecule has 0 saturated carbocycles. The van der Waals surface area contributed by atoms with Crippen LogP contribution >= 0.6 is 11.8 Å². The Morgan fingerprint density at radius 3 is 2.29 bits per heavy atom. The summed E-state index contributed by atoms with van der Waals surface area (Å²) in [5, 5.41) is 3.39. The lowest BCUT2D eigenvalue weighted by molar-refractivity contribution is 1.16. The van der Waals surface area contributed by atoms with Gasteiger partial charge in [-0.05, 0) is 55.2 Å². The minimum Gasteiger partial charge on any atom is -0.399 e. The number of allylic oxidation sites excluding steroid dienone is 1. The smallest absolute Gasteiger partial charge is 0.0844 e. The van der Waals surface area contributed by atoms with Gasteiger partial charge in [-0.1, -0.05) is 41.6 Å².